The van der Waals surface area contributed by atoms with Crippen LogP contribution in [-0.2, 0) is 12.7 Å². The van der Waals surface area contributed by atoms with Gasteiger partial charge in [0.05, 0.1) is 34.9 Å². The fraction of sp³-hybridized carbons (Fsp3) is 0.292. The molecule has 0 aliphatic heterocycles. The summed E-state index contributed by atoms with van der Waals surface area (Å²) in [4.78, 5) is 31.7. The van der Waals surface area contributed by atoms with E-state index >= 15 is 4.39 Å². The number of pyridine rings is 1. The second kappa shape index (κ2) is 11.1. The van der Waals surface area contributed by atoms with Crippen LogP contribution in [0.1, 0.15) is 30.9 Å². The van der Waals surface area contributed by atoms with Crippen molar-refractivity contribution in [3.63, 3.8) is 0 Å². The van der Waals surface area contributed by atoms with Gasteiger partial charge in [-0.25, -0.2) is 37.0 Å². The number of halogens is 8. The van der Waals surface area contributed by atoms with E-state index in [4.69, 9.17) is 5.73 Å². The third kappa shape index (κ3) is 5.97. The predicted octanol–water partition coefficient (Wildman–Crippen LogP) is 4.59. The van der Waals surface area contributed by atoms with Gasteiger partial charge < -0.3 is 15.6 Å². The highest BCUT2D eigenvalue weighted by Gasteiger charge is 2.37. The Bertz CT molecular complexity index is 1720. The molecule has 4 rings (SSSR count). The predicted molar refractivity (Wildman–Crippen MR) is 131 cm³/mol. The molecule has 0 aliphatic carbocycles. The number of hydrogen-bond acceptors (Lipinski definition) is 7. The van der Waals surface area contributed by atoms with Crippen LogP contribution in [0.3, 0.4) is 0 Å². The summed E-state index contributed by atoms with van der Waals surface area (Å²) < 4.78 is 111. The van der Waals surface area contributed by atoms with E-state index in [0.717, 1.165) is 23.0 Å². The number of nitrogens with zero attached hydrogens (tertiary/aromatic N) is 4. The van der Waals surface area contributed by atoms with E-state index in [2.05, 4.69) is 20.4 Å². The van der Waals surface area contributed by atoms with Crippen LogP contribution in [0.5, 0.6) is 0 Å². The molecule has 4 N–H and O–H groups in total. The fourth-order valence-corrected chi connectivity index (χ4v) is 4.17. The Hall–Kier alpha value is -4.57. The molecule has 0 unspecified atom stereocenters. The van der Waals surface area contributed by atoms with Crippen molar-refractivity contribution in [3.05, 3.63) is 74.2 Å². The molecule has 9 nitrogen and oxygen atoms in total. The minimum Gasteiger partial charge on any atom is -0.383 e. The lowest BCUT2D eigenvalue weighted by molar-refractivity contribution is -0.138. The molecule has 41 heavy (non-hydrogen) atoms. The molecule has 3 aromatic heterocycles. The maximum absolute atomic E-state index is 15.0. The summed E-state index contributed by atoms with van der Waals surface area (Å²) >= 11 is 0. The second-order valence-corrected chi connectivity index (χ2v) is 8.99. The molecule has 0 saturated carbocycles. The Balaban J connectivity index is 1.57. The first-order chi connectivity index (χ1) is 19.2. The van der Waals surface area contributed by atoms with E-state index in [1.165, 1.54) is 13.0 Å². The molecule has 0 aliphatic rings. The summed E-state index contributed by atoms with van der Waals surface area (Å²) in [6.07, 6.45) is -7.84. The highest BCUT2D eigenvalue weighted by atomic mass is 19.4. The molecule has 3 heterocycles. The maximum atomic E-state index is 15.0. The van der Waals surface area contributed by atoms with E-state index < -0.39 is 99.9 Å². The quantitative estimate of drug-likeness (QED) is 0.256. The molecule has 0 fully saturated rings. The fourth-order valence-electron chi connectivity index (χ4n) is 4.17. The third-order valence-electron chi connectivity index (χ3n) is 6.02. The van der Waals surface area contributed by atoms with Gasteiger partial charge >= 0.3 is 6.18 Å². The summed E-state index contributed by atoms with van der Waals surface area (Å²) in [7, 11) is 0. The molecule has 0 saturated heterocycles. The molecule has 17 heteroatoms. The van der Waals surface area contributed by atoms with E-state index in [9.17, 15) is 40.3 Å². The van der Waals surface area contributed by atoms with E-state index in [0.29, 0.717) is 6.20 Å². The average molecular weight is 589 g/mol. The smallest absolute Gasteiger partial charge is 0.383 e. The minimum atomic E-state index is -5.01. The number of alkyl halides is 6. The molecule has 0 spiro atoms. The largest absolute Gasteiger partial charge is 0.423 e. The van der Waals surface area contributed by atoms with Crippen LogP contribution < -0.4 is 22.2 Å². The molecule has 0 bridgehead atoms. The Morgan fingerprint density at radius 1 is 1.12 bits per heavy atom. The van der Waals surface area contributed by atoms with Gasteiger partial charge in [-0.3, -0.25) is 9.59 Å². The molecule has 0 radical (unpaired) electrons. The van der Waals surface area contributed by atoms with Crippen molar-refractivity contribution in [2.24, 2.45) is 0 Å². The van der Waals surface area contributed by atoms with Gasteiger partial charge in [0.2, 0.25) is 0 Å². The highest BCUT2D eigenvalue weighted by molar-refractivity contribution is 5.86. The summed E-state index contributed by atoms with van der Waals surface area (Å²) in [6, 6.07) is 1.20. The van der Waals surface area contributed by atoms with Crippen LogP contribution in [-0.4, -0.2) is 36.9 Å². The van der Waals surface area contributed by atoms with Crippen LogP contribution in [0.2, 0.25) is 0 Å². The zero-order chi connectivity index (χ0) is 30.2. The van der Waals surface area contributed by atoms with Crippen molar-refractivity contribution >= 4 is 22.3 Å². The van der Waals surface area contributed by atoms with Gasteiger partial charge in [-0.05, 0) is 24.4 Å². The van der Waals surface area contributed by atoms with Gasteiger partial charge in [-0.1, -0.05) is 0 Å². The molecule has 1 aromatic carbocycles. The maximum Gasteiger partial charge on any atom is 0.423 e. The van der Waals surface area contributed by atoms with Crippen LogP contribution in [0.15, 0.2) is 40.3 Å². The molecule has 2 atom stereocenters. The summed E-state index contributed by atoms with van der Waals surface area (Å²) in [5, 5.41) is 6.47. The first kappa shape index (κ1) is 29.4. The molecular weight excluding hydrogens is 570 g/mol. The van der Waals surface area contributed by atoms with Crippen LogP contribution >= 0.6 is 0 Å². The summed E-state index contributed by atoms with van der Waals surface area (Å²) in [6.45, 7) is 0.661. The summed E-state index contributed by atoms with van der Waals surface area (Å²) in [5.74, 6) is -4.35. The number of aromatic nitrogens is 5. The summed E-state index contributed by atoms with van der Waals surface area (Å²) in [5.41, 5.74) is -0.642. The van der Waals surface area contributed by atoms with Gasteiger partial charge in [-0.2, -0.15) is 18.3 Å². The number of nitrogen functional groups attached to an aromatic ring is 1. The van der Waals surface area contributed by atoms with Gasteiger partial charge in [-0.15, -0.1) is 0 Å². The topological polar surface area (TPSA) is 132 Å². The van der Waals surface area contributed by atoms with Crippen LogP contribution in [0.25, 0.3) is 22.2 Å². The molecular formula is C24H19F8N7O2. The van der Waals surface area contributed by atoms with Gasteiger partial charge in [0.1, 0.15) is 17.6 Å². The lowest BCUT2D eigenvalue weighted by Gasteiger charge is -2.20. The number of benzene rings is 1. The van der Waals surface area contributed by atoms with Crippen molar-refractivity contribution in [1.29, 1.82) is 0 Å². The first-order valence-corrected chi connectivity index (χ1v) is 11.7. The van der Waals surface area contributed by atoms with Gasteiger partial charge in [0, 0.05) is 24.9 Å². The number of aromatic amines is 1. The SMILES string of the molecule is C[C@@H](C[C@H](F)Cn1ccc2cc(-c3ncc(C(F)F)c(N)n3)c(F)c(F)c2c1=O)Nc1cn[nH]c(=O)c1C(F)(F)F. The number of nitrogens with one attached hydrogen (secondary N) is 2. The Morgan fingerprint density at radius 2 is 1.83 bits per heavy atom. The van der Waals surface area contributed by atoms with Crippen molar-refractivity contribution in [2.75, 3.05) is 11.1 Å². The lowest BCUT2D eigenvalue weighted by Crippen LogP contribution is -2.30. The number of rotatable bonds is 8. The zero-order valence-electron chi connectivity index (χ0n) is 20.7. The normalized spacial score (nSPS) is 13.5. The second-order valence-electron chi connectivity index (χ2n) is 8.99. The Labute approximate surface area is 224 Å². The standard InChI is InChI=1S/C24H19F8N7O2/c1-9(36-14-7-35-38-22(40)16(14)24(30,31)32)4-11(25)8-39-3-2-10-5-12(17(26)18(27)15(10)23(39)41)21-34-6-13(19(28)29)20(33)37-21/h2-3,5-7,9,11,19H,4,8H2,1H3,(H2,33,34,37)(H2,36,38,40)/t9-,11-/m0/s1. The molecule has 0 amide bonds. The van der Waals surface area contributed by atoms with E-state index in [-0.39, 0.29) is 5.39 Å². The number of nitrogens with two attached hydrogens (primary N) is 1. The number of hydrogen-bond donors (Lipinski definition) is 3. The van der Waals surface area contributed by atoms with Crippen LogP contribution in [0, 0.1) is 11.6 Å². The zero-order valence-corrected chi connectivity index (χ0v) is 20.7. The van der Waals surface area contributed by atoms with Crippen molar-refractivity contribution < 1.29 is 35.1 Å². The van der Waals surface area contributed by atoms with Crippen molar-refractivity contribution in [2.45, 2.75) is 44.7 Å². The number of anilines is 2. The van der Waals surface area contributed by atoms with Gasteiger partial charge in [0.25, 0.3) is 17.5 Å². The monoisotopic (exact) mass is 589 g/mol. The van der Waals surface area contributed by atoms with Crippen molar-refractivity contribution in [1.82, 2.24) is 24.7 Å². The Kier molecular flexibility index (Phi) is 7.98. The molecule has 4 aromatic rings. The average Bonchev–Trinajstić information content (AvgIpc) is 2.86. The highest BCUT2D eigenvalue weighted by Crippen LogP contribution is 2.32. The van der Waals surface area contributed by atoms with E-state index in [1.54, 1.807) is 5.10 Å². The third-order valence-corrected chi connectivity index (χ3v) is 6.02. The van der Waals surface area contributed by atoms with Crippen LogP contribution in [0.4, 0.5) is 46.6 Å². The lowest BCUT2D eigenvalue weighted by atomic mass is 10.1. The minimum absolute atomic E-state index is 0.132. The number of H-pyrrole nitrogens is 1. The van der Waals surface area contributed by atoms with E-state index in [1.807, 2.05) is 0 Å². The number of fused-ring (bicyclic) bond motifs is 1. The Morgan fingerprint density at radius 3 is 2.46 bits per heavy atom. The van der Waals surface area contributed by atoms with Crippen molar-refractivity contribution in [3.8, 4) is 11.4 Å². The molecule has 218 valence electrons. The van der Waals surface area contributed by atoms with Gasteiger partial charge in [0.15, 0.2) is 17.5 Å². The first-order valence-electron chi connectivity index (χ1n) is 11.7.